The summed E-state index contributed by atoms with van der Waals surface area (Å²) < 4.78 is 17.0. The van der Waals surface area contributed by atoms with Gasteiger partial charge in [-0.25, -0.2) is 9.78 Å². The van der Waals surface area contributed by atoms with Gasteiger partial charge in [0, 0.05) is 11.8 Å². The Kier molecular flexibility index (Phi) is 4.32. The number of anilines is 1. The van der Waals surface area contributed by atoms with E-state index in [4.69, 9.17) is 10.5 Å². The zero-order chi connectivity index (χ0) is 17.3. The number of hydrogen-bond acceptors (Lipinski definition) is 4. The van der Waals surface area contributed by atoms with Gasteiger partial charge in [-0.2, -0.15) is 0 Å². The Morgan fingerprint density at radius 1 is 1.33 bits per heavy atom. The molecule has 0 aliphatic carbocycles. The van der Waals surface area contributed by atoms with Gasteiger partial charge in [-0.1, -0.05) is 0 Å². The van der Waals surface area contributed by atoms with E-state index in [2.05, 4.69) is 15.3 Å². The van der Waals surface area contributed by atoms with Crippen molar-refractivity contribution in [1.29, 1.82) is 0 Å². The van der Waals surface area contributed by atoms with E-state index < -0.39 is 17.2 Å². The number of nitrogens with zero attached hydrogens (tertiary/aromatic N) is 1. The summed E-state index contributed by atoms with van der Waals surface area (Å²) in [5.41, 5.74) is 7.94. The van der Waals surface area contributed by atoms with Crippen molar-refractivity contribution >= 4 is 33.9 Å². The molecule has 0 saturated carbocycles. The van der Waals surface area contributed by atoms with Crippen LogP contribution in [0.4, 0.5) is 10.5 Å². The van der Waals surface area contributed by atoms with Crippen molar-refractivity contribution in [3.63, 3.8) is 0 Å². The first-order valence-electron chi connectivity index (χ1n) is 7.06. The predicted octanol–water partition coefficient (Wildman–Crippen LogP) is 2.47. The number of urea groups is 1. The summed E-state index contributed by atoms with van der Waals surface area (Å²) in [5, 5.41) is 2.51. The number of primary amides is 1. The van der Waals surface area contributed by atoms with Crippen LogP contribution in [0.25, 0.3) is 22.4 Å². The molecule has 0 saturated heterocycles. The summed E-state index contributed by atoms with van der Waals surface area (Å²) in [7, 11) is 1.55. The molecule has 24 heavy (non-hydrogen) atoms. The molecule has 0 fully saturated rings. The number of rotatable bonds is 4. The maximum absolute atomic E-state index is 11.6. The second-order valence-electron chi connectivity index (χ2n) is 5.12. The van der Waals surface area contributed by atoms with Gasteiger partial charge in [-0.15, -0.1) is 0 Å². The maximum atomic E-state index is 11.6. The first-order valence-corrected chi connectivity index (χ1v) is 8.62. The van der Waals surface area contributed by atoms with Crippen LogP contribution in [0, 0.1) is 0 Å². The fourth-order valence-electron chi connectivity index (χ4n) is 2.40. The molecule has 1 unspecified atom stereocenters. The third-order valence-corrected chi connectivity index (χ3v) is 4.43. The number of benzene rings is 2. The van der Waals surface area contributed by atoms with Crippen LogP contribution in [0.2, 0.25) is 0 Å². The zero-order valence-corrected chi connectivity index (χ0v) is 13.9. The van der Waals surface area contributed by atoms with Crippen LogP contribution in [0.3, 0.4) is 0 Å². The highest BCUT2D eigenvalue weighted by Gasteiger charge is 2.15. The minimum absolute atomic E-state index is 0.566. The molecular weight excluding hydrogens is 328 g/mol. The fourth-order valence-corrected chi connectivity index (χ4v) is 2.93. The van der Waals surface area contributed by atoms with Gasteiger partial charge in [0.1, 0.15) is 17.8 Å². The van der Waals surface area contributed by atoms with Gasteiger partial charge in [0.15, 0.2) is 4.90 Å². The number of methoxy groups -OCH3 is 1. The Bertz CT molecular complexity index is 907. The number of hydrogen-bond donors (Lipinski definition) is 3. The molecule has 2 aromatic carbocycles. The molecule has 0 spiro atoms. The average molecular weight is 344 g/mol. The van der Waals surface area contributed by atoms with Crippen molar-refractivity contribution in [1.82, 2.24) is 9.97 Å². The van der Waals surface area contributed by atoms with E-state index in [9.17, 15) is 9.35 Å². The number of ether oxygens (including phenoxy) is 1. The molecule has 2 amide bonds. The summed E-state index contributed by atoms with van der Waals surface area (Å²) in [5.74, 6) is 1.20. The van der Waals surface area contributed by atoms with Crippen molar-refractivity contribution in [2.24, 2.45) is 5.73 Å². The Morgan fingerprint density at radius 2 is 2.12 bits per heavy atom. The van der Waals surface area contributed by atoms with Crippen LogP contribution in [0.5, 0.6) is 5.75 Å². The van der Waals surface area contributed by atoms with Gasteiger partial charge in [-0.3, -0.25) is 0 Å². The Balaban J connectivity index is 2.04. The number of imidazole rings is 1. The minimum Gasteiger partial charge on any atom is -0.612 e. The van der Waals surface area contributed by atoms with Gasteiger partial charge < -0.3 is 25.3 Å². The average Bonchev–Trinajstić information content (AvgIpc) is 2.96. The molecule has 4 N–H and O–H groups in total. The largest absolute Gasteiger partial charge is 0.612 e. The lowest BCUT2D eigenvalue weighted by Gasteiger charge is -2.09. The number of fused-ring (bicyclic) bond motifs is 1. The predicted molar refractivity (Wildman–Crippen MR) is 93.6 cm³/mol. The van der Waals surface area contributed by atoms with Gasteiger partial charge in [0.2, 0.25) is 0 Å². The van der Waals surface area contributed by atoms with Gasteiger partial charge in [-0.05, 0) is 41.5 Å². The van der Waals surface area contributed by atoms with Gasteiger partial charge in [0.05, 0.1) is 23.7 Å². The molecule has 3 rings (SSSR count). The van der Waals surface area contributed by atoms with Gasteiger partial charge >= 0.3 is 6.03 Å². The van der Waals surface area contributed by atoms with E-state index in [-0.39, 0.29) is 0 Å². The van der Waals surface area contributed by atoms with Crippen LogP contribution in [0.1, 0.15) is 0 Å². The number of amides is 2. The van der Waals surface area contributed by atoms with Crippen LogP contribution < -0.4 is 15.8 Å². The number of aromatic amines is 1. The Morgan fingerprint density at radius 3 is 2.79 bits per heavy atom. The number of carbonyl (C=O) groups is 1. The van der Waals surface area contributed by atoms with E-state index in [1.165, 1.54) is 0 Å². The van der Waals surface area contributed by atoms with Crippen LogP contribution in [0.15, 0.2) is 41.3 Å². The molecule has 1 atom stereocenters. The van der Waals surface area contributed by atoms with Crippen LogP contribution >= 0.6 is 0 Å². The van der Waals surface area contributed by atoms with E-state index in [1.54, 1.807) is 43.7 Å². The van der Waals surface area contributed by atoms with Crippen molar-refractivity contribution in [2.75, 3.05) is 18.7 Å². The van der Waals surface area contributed by atoms with Crippen LogP contribution in [-0.4, -0.2) is 33.9 Å². The SMILES string of the molecule is COc1cc([S+](C)[O-])ccc1-c1nc2cc(NC(N)=O)ccc2[nH]1. The molecule has 1 aromatic heterocycles. The lowest BCUT2D eigenvalue weighted by molar-refractivity contribution is 0.259. The summed E-state index contributed by atoms with van der Waals surface area (Å²) in [6.07, 6.45) is 1.61. The molecule has 7 nitrogen and oxygen atoms in total. The quantitative estimate of drug-likeness (QED) is 0.630. The fraction of sp³-hybridized carbons (Fsp3) is 0.125. The summed E-state index contributed by atoms with van der Waals surface area (Å²) in [4.78, 5) is 19.4. The molecule has 0 aliphatic heterocycles. The monoisotopic (exact) mass is 344 g/mol. The zero-order valence-electron chi connectivity index (χ0n) is 13.1. The van der Waals surface area contributed by atoms with Crippen molar-refractivity contribution in [2.45, 2.75) is 4.90 Å². The molecule has 124 valence electrons. The number of aromatic nitrogens is 2. The number of nitrogens with two attached hydrogens (primary N) is 1. The third-order valence-electron chi connectivity index (χ3n) is 3.51. The van der Waals surface area contributed by atoms with Crippen molar-refractivity contribution in [3.8, 4) is 17.1 Å². The maximum Gasteiger partial charge on any atom is 0.316 e. The Hall–Kier alpha value is -2.71. The molecule has 1 heterocycles. The topological polar surface area (TPSA) is 116 Å². The third kappa shape index (κ3) is 3.15. The molecule has 8 heteroatoms. The normalized spacial score (nSPS) is 12.1. The summed E-state index contributed by atoms with van der Waals surface area (Å²) in [6.45, 7) is 0. The first kappa shape index (κ1) is 16.2. The highest BCUT2D eigenvalue weighted by Crippen LogP contribution is 2.32. The summed E-state index contributed by atoms with van der Waals surface area (Å²) in [6, 6.07) is 9.96. The number of nitrogens with one attached hydrogen (secondary N) is 2. The van der Waals surface area contributed by atoms with E-state index in [0.717, 1.165) is 11.1 Å². The molecule has 3 aromatic rings. The highest BCUT2D eigenvalue weighted by atomic mass is 32.2. The number of H-pyrrole nitrogens is 1. The molecular formula is C16H16N4O3S. The Labute approximate surface area is 141 Å². The number of carbonyl (C=O) groups excluding carboxylic acids is 1. The van der Waals surface area contributed by atoms with Crippen molar-refractivity contribution < 1.29 is 14.1 Å². The standard InChI is InChI=1S/C16H16N4O3S/c1-23-14-8-10(24(2)22)4-5-11(14)15-19-12-6-3-9(18-16(17)21)7-13(12)20-15/h3-8H,1-2H3,(H,19,20)(H3,17,18,21). The highest BCUT2D eigenvalue weighted by molar-refractivity contribution is 7.90. The van der Waals surface area contributed by atoms with E-state index in [1.807, 2.05) is 6.07 Å². The van der Waals surface area contributed by atoms with Gasteiger partial charge in [0.25, 0.3) is 0 Å². The lowest BCUT2D eigenvalue weighted by atomic mass is 10.2. The van der Waals surface area contributed by atoms with Crippen molar-refractivity contribution in [3.05, 3.63) is 36.4 Å². The lowest BCUT2D eigenvalue weighted by Crippen LogP contribution is -2.19. The molecule has 0 aliphatic rings. The summed E-state index contributed by atoms with van der Waals surface area (Å²) >= 11 is -1.09. The van der Waals surface area contributed by atoms with E-state index >= 15 is 0 Å². The second kappa shape index (κ2) is 6.42. The minimum atomic E-state index is -1.09. The molecule has 0 radical (unpaired) electrons. The smallest absolute Gasteiger partial charge is 0.316 e. The van der Waals surface area contributed by atoms with E-state index in [0.29, 0.717) is 27.7 Å². The first-order chi connectivity index (χ1) is 11.5. The second-order valence-corrected chi connectivity index (χ2v) is 6.50. The van der Waals surface area contributed by atoms with Crippen LogP contribution in [-0.2, 0) is 11.2 Å². The molecule has 0 bridgehead atoms.